The molecule has 1 aliphatic carbocycles. The average Bonchev–Trinajstić information content (AvgIpc) is 3.34. The quantitative estimate of drug-likeness (QED) is 0.448. The lowest BCUT2D eigenvalue weighted by atomic mass is 9.94. The minimum absolute atomic E-state index is 0.0389. The van der Waals surface area contributed by atoms with Gasteiger partial charge in [0.1, 0.15) is 17.9 Å². The first-order chi connectivity index (χ1) is 18.9. The molecule has 0 bridgehead atoms. The SMILES string of the molecule is O=C(NC1CCCCC1)[C@@H](c1ccccc1Cl)N(C(=O)C1CCC(=O)N1c1ncccn1)c1cccc(F)c1. The number of nitrogens with one attached hydrogen (secondary N) is 1. The molecule has 2 heterocycles. The fraction of sp³-hybridized carbons (Fsp3) is 0.345. The first kappa shape index (κ1) is 26.7. The van der Waals surface area contributed by atoms with Crippen LogP contribution in [0.4, 0.5) is 16.0 Å². The number of hydrogen-bond acceptors (Lipinski definition) is 5. The Morgan fingerprint density at radius 3 is 2.46 bits per heavy atom. The normalized spacial score (nSPS) is 18.6. The fourth-order valence-electron chi connectivity index (χ4n) is 5.40. The molecule has 1 saturated heterocycles. The predicted molar refractivity (Wildman–Crippen MR) is 146 cm³/mol. The topological polar surface area (TPSA) is 95.5 Å². The molecule has 2 aromatic carbocycles. The van der Waals surface area contributed by atoms with Crippen LogP contribution in [0.1, 0.15) is 56.6 Å². The standard InChI is InChI=1S/C29H29ClFN5O3/c30-23-13-5-4-12-22(23)26(27(38)34-20-9-2-1-3-10-20)35(21-11-6-8-19(31)18-21)28(39)24-14-15-25(37)36(24)29-32-16-7-17-33-29/h4-8,11-13,16-18,20,24,26H,1-3,9-10,14-15H2,(H,34,38)/t24?,26-/m1/s1. The summed E-state index contributed by atoms with van der Waals surface area (Å²) in [6.07, 6.45) is 8.08. The summed E-state index contributed by atoms with van der Waals surface area (Å²) in [5, 5.41) is 3.41. The van der Waals surface area contributed by atoms with Gasteiger partial charge in [-0.3, -0.25) is 24.2 Å². The van der Waals surface area contributed by atoms with Gasteiger partial charge in [-0.25, -0.2) is 14.4 Å². The van der Waals surface area contributed by atoms with Crippen LogP contribution < -0.4 is 15.1 Å². The second kappa shape index (κ2) is 11.9. The van der Waals surface area contributed by atoms with Crippen molar-refractivity contribution >= 4 is 41.0 Å². The van der Waals surface area contributed by atoms with Gasteiger partial charge in [0.25, 0.3) is 5.91 Å². The first-order valence-electron chi connectivity index (χ1n) is 13.2. The van der Waals surface area contributed by atoms with Crippen LogP contribution in [0.2, 0.25) is 5.02 Å². The molecule has 39 heavy (non-hydrogen) atoms. The summed E-state index contributed by atoms with van der Waals surface area (Å²) in [6.45, 7) is 0. The molecule has 5 rings (SSSR count). The van der Waals surface area contributed by atoms with E-state index in [1.54, 1.807) is 36.4 Å². The fourth-order valence-corrected chi connectivity index (χ4v) is 5.63. The molecule has 1 aromatic heterocycles. The van der Waals surface area contributed by atoms with Crippen molar-refractivity contribution in [2.45, 2.75) is 63.1 Å². The highest BCUT2D eigenvalue weighted by Gasteiger charge is 2.45. The molecule has 1 unspecified atom stereocenters. The molecule has 1 saturated carbocycles. The van der Waals surface area contributed by atoms with Crippen LogP contribution >= 0.6 is 11.6 Å². The number of hydrogen-bond donors (Lipinski definition) is 1. The average molecular weight is 550 g/mol. The van der Waals surface area contributed by atoms with E-state index in [1.807, 2.05) is 0 Å². The zero-order chi connectivity index (χ0) is 27.4. The molecule has 3 amide bonds. The van der Waals surface area contributed by atoms with E-state index in [9.17, 15) is 18.8 Å². The number of halogens is 2. The molecule has 2 atom stereocenters. The molecule has 8 nitrogen and oxygen atoms in total. The molecule has 1 aliphatic heterocycles. The van der Waals surface area contributed by atoms with Crippen molar-refractivity contribution in [2.75, 3.05) is 9.80 Å². The molecule has 10 heteroatoms. The van der Waals surface area contributed by atoms with E-state index >= 15 is 0 Å². The second-order valence-electron chi connectivity index (χ2n) is 9.82. The summed E-state index contributed by atoms with van der Waals surface area (Å²) in [5.74, 6) is -1.75. The third-order valence-electron chi connectivity index (χ3n) is 7.25. The predicted octanol–water partition coefficient (Wildman–Crippen LogP) is 4.99. The van der Waals surface area contributed by atoms with Crippen LogP contribution in [-0.4, -0.2) is 39.8 Å². The summed E-state index contributed by atoms with van der Waals surface area (Å²) >= 11 is 6.60. The molecule has 2 aliphatic rings. The maximum atomic E-state index is 14.5. The Bertz CT molecular complexity index is 1350. The zero-order valence-electron chi connectivity index (χ0n) is 21.3. The van der Waals surface area contributed by atoms with Crippen molar-refractivity contribution < 1.29 is 18.8 Å². The minimum Gasteiger partial charge on any atom is -0.351 e. The highest BCUT2D eigenvalue weighted by molar-refractivity contribution is 6.31. The third-order valence-corrected chi connectivity index (χ3v) is 7.59. The monoisotopic (exact) mass is 549 g/mol. The van der Waals surface area contributed by atoms with E-state index in [-0.39, 0.29) is 36.4 Å². The number of rotatable bonds is 7. The number of aromatic nitrogens is 2. The Balaban J connectivity index is 1.61. The molecular weight excluding hydrogens is 521 g/mol. The third kappa shape index (κ3) is 5.78. The Labute approximate surface area is 231 Å². The van der Waals surface area contributed by atoms with Crippen molar-refractivity contribution in [3.63, 3.8) is 0 Å². The van der Waals surface area contributed by atoms with Gasteiger partial charge in [-0.1, -0.05) is 55.1 Å². The van der Waals surface area contributed by atoms with Crippen molar-refractivity contribution in [1.82, 2.24) is 15.3 Å². The maximum Gasteiger partial charge on any atom is 0.251 e. The van der Waals surface area contributed by atoms with Crippen LogP contribution in [0.5, 0.6) is 0 Å². The second-order valence-corrected chi connectivity index (χ2v) is 10.2. The van der Waals surface area contributed by atoms with Crippen molar-refractivity contribution in [2.24, 2.45) is 0 Å². The number of carbonyl (C=O) groups is 3. The summed E-state index contributed by atoms with van der Waals surface area (Å²) in [4.78, 5) is 52.3. The van der Waals surface area contributed by atoms with E-state index in [2.05, 4.69) is 15.3 Å². The van der Waals surface area contributed by atoms with Crippen LogP contribution in [0.3, 0.4) is 0 Å². The minimum atomic E-state index is -1.20. The van der Waals surface area contributed by atoms with E-state index in [0.717, 1.165) is 32.1 Å². The summed E-state index contributed by atoms with van der Waals surface area (Å²) in [6, 6.07) is 11.7. The zero-order valence-corrected chi connectivity index (χ0v) is 22.1. The largest absolute Gasteiger partial charge is 0.351 e. The summed E-state index contributed by atoms with van der Waals surface area (Å²) in [7, 11) is 0. The van der Waals surface area contributed by atoms with Crippen LogP contribution in [-0.2, 0) is 14.4 Å². The number of amides is 3. The molecule has 1 N–H and O–H groups in total. The van der Waals surface area contributed by atoms with Gasteiger partial charge in [0.15, 0.2) is 0 Å². The van der Waals surface area contributed by atoms with Gasteiger partial charge < -0.3 is 5.32 Å². The first-order valence-corrected chi connectivity index (χ1v) is 13.5. The van der Waals surface area contributed by atoms with Crippen LogP contribution in [0.25, 0.3) is 0 Å². The van der Waals surface area contributed by atoms with Gasteiger partial charge in [0.05, 0.1) is 0 Å². The lowest BCUT2D eigenvalue weighted by molar-refractivity contribution is -0.128. The Morgan fingerprint density at radius 1 is 1.00 bits per heavy atom. The number of anilines is 2. The number of carbonyl (C=O) groups excluding carboxylic acids is 3. The number of nitrogens with zero attached hydrogens (tertiary/aromatic N) is 4. The van der Waals surface area contributed by atoms with Gasteiger partial charge in [-0.2, -0.15) is 0 Å². The van der Waals surface area contributed by atoms with E-state index < -0.39 is 29.7 Å². The highest BCUT2D eigenvalue weighted by atomic mass is 35.5. The summed E-state index contributed by atoms with van der Waals surface area (Å²) in [5.41, 5.74) is 0.578. The number of benzene rings is 2. The Morgan fingerprint density at radius 2 is 1.74 bits per heavy atom. The molecule has 0 spiro atoms. The lowest BCUT2D eigenvalue weighted by Crippen LogP contribution is -2.53. The van der Waals surface area contributed by atoms with Gasteiger partial charge in [-0.15, -0.1) is 0 Å². The highest BCUT2D eigenvalue weighted by Crippen LogP contribution is 2.36. The van der Waals surface area contributed by atoms with Crippen LogP contribution in [0.15, 0.2) is 67.0 Å². The molecule has 0 radical (unpaired) electrons. The van der Waals surface area contributed by atoms with Gasteiger partial charge >= 0.3 is 0 Å². The molecule has 3 aromatic rings. The smallest absolute Gasteiger partial charge is 0.251 e. The van der Waals surface area contributed by atoms with Gasteiger partial charge in [0.2, 0.25) is 17.8 Å². The maximum absolute atomic E-state index is 14.5. The van der Waals surface area contributed by atoms with Crippen LogP contribution in [0, 0.1) is 5.82 Å². The molecule has 202 valence electrons. The van der Waals surface area contributed by atoms with E-state index in [4.69, 9.17) is 11.6 Å². The van der Waals surface area contributed by atoms with E-state index in [0.29, 0.717) is 10.6 Å². The van der Waals surface area contributed by atoms with Gasteiger partial charge in [0, 0.05) is 41.1 Å². The Kier molecular flexibility index (Phi) is 8.16. The Hall–Kier alpha value is -3.85. The van der Waals surface area contributed by atoms with Crippen molar-refractivity contribution in [3.8, 4) is 0 Å². The lowest BCUT2D eigenvalue weighted by Gasteiger charge is -2.36. The molecule has 2 fully saturated rings. The van der Waals surface area contributed by atoms with Crippen molar-refractivity contribution in [1.29, 1.82) is 0 Å². The summed E-state index contributed by atoms with van der Waals surface area (Å²) < 4.78 is 14.5. The molecular formula is C29H29ClFN5O3. The van der Waals surface area contributed by atoms with Gasteiger partial charge in [-0.05, 0) is 49.6 Å². The van der Waals surface area contributed by atoms with Crippen molar-refractivity contribution in [3.05, 3.63) is 83.4 Å². The van der Waals surface area contributed by atoms with E-state index in [1.165, 1.54) is 40.4 Å².